The first-order valence-electron chi connectivity index (χ1n) is 15.8. The van der Waals surface area contributed by atoms with Crippen molar-refractivity contribution in [1.82, 2.24) is 0 Å². The summed E-state index contributed by atoms with van der Waals surface area (Å²) in [6, 6.07) is 69.3. The Balaban J connectivity index is 1.29. The Morgan fingerprint density at radius 2 is 0.609 bits per heavy atom. The second-order valence-corrected chi connectivity index (χ2v) is 11.5. The van der Waals surface area contributed by atoms with Crippen molar-refractivity contribution in [2.75, 3.05) is 4.90 Å². The second kappa shape index (κ2) is 13.4. The molecular formula is C45H35N. The fourth-order valence-electron chi connectivity index (χ4n) is 6.07. The minimum atomic E-state index is 1.12. The lowest BCUT2D eigenvalue weighted by atomic mass is 9.85. The molecule has 220 valence electrons. The highest BCUT2D eigenvalue weighted by molar-refractivity contribution is 6.04. The Hall–Kier alpha value is -5.92. The maximum absolute atomic E-state index is 2.29. The van der Waals surface area contributed by atoms with Crippen LogP contribution in [0.1, 0.15) is 27.8 Å². The molecule has 1 heteroatoms. The van der Waals surface area contributed by atoms with Crippen LogP contribution in [0.15, 0.2) is 194 Å². The molecule has 0 saturated heterocycles. The van der Waals surface area contributed by atoms with Crippen molar-refractivity contribution in [3.05, 3.63) is 222 Å². The minimum absolute atomic E-state index is 1.12. The number of aryl methyl sites for hydroxylation is 1. The van der Waals surface area contributed by atoms with E-state index in [0.29, 0.717) is 0 Å². The normalized spacial score (nSPS) is 10.7. The molecule has 0 saturated carbocycles. The van der Waals surface area contributed by atoms with Gasteiger partial charge < -0.3 is 4.90 Å². The summed E-state index contributed by atoms with van der Waals surface area (Å²) in [4.78, 5) is 2.29. The molecule has 0 N–H and O–H groups in total. The Kier molecular flexibility index (Phi) is 8.39. The van der Waals surface area contributed by atoms with Crippen LogP contribution in [0.2, 0.25) is 0 Å². The van der Waals surface area contributed by atoms with E-state index in [4.69, 9.17) is 0 Å². The molecular weight excluding hydrogens is 555 g/mol. The van der Waals surface area contributed by atoms with E-state index in [9.17, 15) is 0 Å². The van der Waals surface area contributed by atoms with Gasteiger partial charge in [-0.05, 0) is 87.8 Å². The van der Waals surface area contributed by atoms with Crippen molar-refractivity contribution in [3.8, 4) is 11.1 Å². The van der Waals surface area contributed by atoms with Gasteiger partial charge in [0.25, 0.3) is 0 Å². The second-order valence-electron chi connectivity index (χ2n) is 11.5. The third-order valence-electron chi connectivity index (χ3n) is 8.38. The van der Waals surface area contributed by atoms with Crippen molar-refractivity contribution in [2.45, 2.75) is 6.92 Å². The standard InChI is InChI=1S/C45H35N/c1-34-22-24-39(25-23-34)45(44(37-14-6-2-7-15-37)38-16-8-3-9-17-38)40-28-26-35(27-29-40)36-30-32-43(33-31-36)46(41-18-10-4-11-19-41)42-20-12-5-13-21-42/h2-33H,1H3. The molecule has 0 aromatic heterocycles. The van der Waals surface area contributed by atoms with Crippen LogP contribution in [0.5, 0.6) is 0 Å². The van der Waals surface area contributed by atoms with Crippen molar-refractivity contribution < 1.29 is 0 Å². The molecule has 0 fully saturated rings. The highest BCUT2D eigenvalue weighted by Crippen LogP contribution is 2.39. The molecule has 0 aliphatic heterocycles. The third kappa shape index (κ3) is 6.18. The van der Waals surface area contributed by atoms with E-state index < -0.39 is 0 Å². The number of hydrogen-bond acceptors (Lipinski definition) is 1. The van der Waals surface area contributed by atoms with Gasteiger partial charge in [0.1, 0.15) is 0 Å². The fraction of sp³-hybridized carbons (Fsp3) is 0.0222. The number of benzene rings is 7. The molecule has 0 radical (unpaired) electrons. The minimum Gasteiger partial charge on any atom is -0.311 e. The van der Waals surface area contributed by atoms with Crippen LogP contribution in [0.25, 0.3) is 22.3 Å². The van der Waals surface area contributed by atoms with E-state index in [1.54, 1.807) is 0 Å². The van der Waals surface area contributed by atoms with Gasteiger partial charge in [-0.25, -0.2) is 0 Å². The Labute approximate surface area is 272 Å². The molecule has 46 heavy (non-hydrogen) atoms. The molecule has 0 bridgehead atoms. The Morgan fingerprint density at radius 1 is 0.304 bits per heavy atom. The predicted molar refractivity (Wildman–Crippen MR) is 196 cm³/mol. The zero-order valence-corrected chi connectivity index (χ0v) is 25.9. The van der Waals surface area contributed by atoms with E-state index >= 15 is 0 Å². The van der Waals surface area contributed by atoms with Crippen LogP contribution in [0, 0.1) is 6.92 Å². The number of nitrogens with zero attached hydrogens (tertiary/aromatic N) is 1. The van der Waals surface area contributed by atoms with Gasteiger partial charge in [0.05, 0.1) is 0 Å². The molecule has 7 aromatic rings. The number of rotatable bonds is 8. The van der Waals surface area contributed by atoms with Crippen LogP contribution in [0.4, 0.5) is 17.1 Å². The maximum Gasteiger partial charge on any atom is 0.0462 e. The molecule has 0 spiro atoms. The summed E-state index contributed by atoms with van der Waals surface area (Å²) < 4.78 is 0. The van der Waals surface area contributed by atoms with Crippen LogP contribution < -0.4 is 4.90 Å². The molecule has 0 aliphatic carbocycles. The van der Waals surface area contributed by atoms with E-state index in [0.717, 1.165) is 17.1 Å². The van der Waals surface area contributed by atoms with Gasteiger partial charge >= 0.3 is 0 Å². The van der Waals surface area contributed by atoms with Crippen LogP contribution in [-0.2, 0) is 0 Å². The summed E-state index contributed by atoms with van der Waals surface area (Å²) in [5, 5.41) is 0. The summed E-state index contributed by atoms with van der Waals surface area (Å²) in [5.41, 5.74) is 14.2. The lowest BCUT2D eigenvalue weighted by Crippen LogP contribution is -2.09. The fourth-order valence-corrected chi connectivity index (χ4v) is 6.07. The molecule has 0 amide bonds. The maximum atomic E-state index is 2.29. The van der Waals surface area contributed by atoms with E-state index in [-0.39, 0.29) is 0 Å². The molecule has 0 heterocycles. The average molecular weight is 590 g/mol. The lowest BCUT2D eigenvalue weighted by Gasteiger charge is -2.25. The van der Waals surface area contributed by atoms with Gasteiger partial charge in [-0.3, -0.25) is 0 Å². The number of hydrogen-bond donors (Lipinski definition) is 0. The molecule has 0 atom stereocenters. The van der Waals surface area contributed by atoms with Gasteiger partial charge in [0, 0.05) is 17.1 Å². The lowest BCUT2D eigenvalue weighted by molar-refractivity contribution is 1.28. The molecule has 0 aliphatic rings. The van der Waals surface area contributed by atoms with Crippen molar-refractivity contribution in [2.24, 2.45) is 0 Å². The third-order valence-corrected chi connectivity index (χ3v) is 8.38. The Bertz CT molecular complexity index is 1950. The van der Waals surface area contributed by atoms with Crippen molar-refractivity contribution in [1.29, 1.82) is 0 Å². The topological polar surface area (TPSA) is 3.24 Å². The van der Waals surface area contributed by atoms with E-state index in [2.05, 4.69) is 206 Å². The highest BCUT2D eigenvalue weighted by atomic mass is 15.1. The molecule has 1 nitrogen and oxygen atoms in total. The quantitative estimate of drug-likeness (QED) is 0.159. The van der Waals surface area contributed by atoms with Crippen LogP contribution >= 0.6 is 0 Å². The number of anilines is 3. The van der Waals surface area contributed by atoms with Gasteiger partial charge in [-0.1, -0.05) is 163 Å². The van der Waals surface area contributed by atoms with E-state index in [1.807, 2.05) is 0 Å². The smallest absolute Gasteiger partial charge is 0.0462 e. The van der Waals surface area contributed by atoms with E-state index in [1.165, 1.54) is 50.1 Å². The van der Waals surface area contributed by atoms with Crippen LogP contribution in [0.3, 0.4) is 0 Å². The Morgan fingerprint density at radius 3 is 1.02 bits per heavy atom. The summed E-state index contributed by atoms with van der Waals surface area (Å²) in [6.07, 6.45) is 0. The predicted octanol–water partition coefficient (Wildman–Crippen LogP) is 12.1. The summed E-state index contributed by atoms with van der Waals surface area (Å²) in [5.74, 6) is 0. The molecule has 7 aromatic carbocycles. The zero-order chi connectivity index (χ0) is 31.1. The first kappa shape index (κ1) is 28.8. The monoisotopic (exact) mass is 589 g/mol. The largest absolute Gasteiger partial charge is 0.311 e. The first-order chi connectivity index (χ1) is 22.7. The van der Waals surface area contributed by atoms with Crippen molar-refractivity contribution in [3.63, 3.8) is 0 Å². The van der Waals surface area contributed by atoms with Crippen molar-refractivity contribution >= 4 is 28.2 Å². The molecule has 0 unspecified atom stereocenters. The SMILES string of the molecule is Cc1ccc(C(=C(c2ccccc2)c2ccccc2)c2ccc(-c3ccc(N(c4ccccc4)c4ccccc4)cc3)cc2)cc1. The molecule has 7 rings (SSSR count). The summed E-state index contributed by atoms with van der Waals surface area (Å²) in [6.45, 7) is 2.14. The van der Waals surface area contributed by atoms with Gasteiger partial charge in [-0.15, -0.1) is 0 Å². The van der Waals surface area contributed by atoms with Gasteiger partial charge in [0.15, 0.2) is 0 Å². The first-order valence-corrected chi connectivity index (χ1v) is 15.8. The average Bonchev–Trinajstić information content (AvgIpc) is 3.13. The summed E-state index contributed by atoms with van der Waals surface area (Å²) in [7, 11) is 0. The van der Waals surface area contributed by atoms with Gasteiger partial charge in [0.2, 0.25) is 0 Å². The van der Waals surface area contributed by atoms with Gasteiger partial charge in [-0.2, -0.15) is 0 Å². The number of para-hydroxylation sites is 2. The van der Waals surface area contributed by atoms with Crippen LogP contribution in [-0.4, -0.2) is 0 Å². The summed E-state index contributed by atoms with van der Waals surface area (Å²) >= 11 is 0. The highest BCUT2D eigenvalue weighted by Gasteiger charge is 2.17. The zero-order valence-electron chi connectivity index (χ0n) is 25.9.